The van der Waals surface area contributed by atoms with E-state index in [-0.39, 0.29) is 17.7 Å². The van der Waals surface area contributed by atoms with Gasteiger partial charge in [-0.1, -0.05) is 12.8 Å². The predicted octanol–water partition coefficient (Wildman–Crippen LogP) is 3.57. The third-order valence-corrected chi connectivity index (χ3v) is 5.91. The zero-order chi connectivity index (χ0) is 20.2. The first-order valence-corrected chi connectivity index (χ1v) is 10.4. The first kappa shape index (κ1) is 19.5. The van der Waals surface area contributed by atoms with Gasteiger partial charge >= 0.3 is 0 Å². The maximum Gasteiger partial charge on any atom is 0.255 e. The van der Waals surface area contributed by atoms with Crippen LogP contribution in [-0.4, -0.2) is 47.1 Å². The average Bonchev–Trinajstić information content (AvgIpc) is 3.48. The summed E-state index contributed by atoms with van der Waals surface area (Å²) in [4.78, 5) is 27.2. The Morgan fingerprint density at radius 3 is 2.76 bits per heavy atom. The van der Waals surface area contributed by atoms with Crippen molar-refractivity contribution in [2.75, 3.05) is 25.5 Å². The van der Waals surface area contributed by atoms with Gasteiger partial charge in [0.15, 0.2) is 0 Å². The van der Waals surface area contributed by atoms with Crippen LogP contribution in [0, 0.1) is 5.92 Å². The summed E-state index contributed by atoms with van der Waals surface area (Å²) < 4.78 is 5.14. The number of nitrogens with zero attached hydrogens (tertiary/aromatic N) is 2. The SMILES string of the molecule is COc1ccc(C(=O)Nc2cn[nH]c2C2CCCN(C(=O)CCC3CC3)C2)cc1. The number of anilines is 1. The quantitative estimate of drug-likeness (QED) is 0.749. The molecule has 29 heavy (non-hydrogen) atoms. The molecule has 2 N–H and O–H groups in total. The summed E-state index contributed by atoms with van der Waals surface area (Å²) in [6.45, 7) is 1.50. The van der Waals surface area contributed by atoms with E-state index >= 15 is 0 Å². The number of aromatic nitrogens is 2. The molecular formula is C22H28N4O3. The first-order valence-electron chi connectivity index (χ1n) is 10.4. The fraction of sp³-hybridized carbons (Fsp3) is 0.500. The number of likely N-dealkylation sites (tertiary alicyclic amines) is 1. The second-order valence-electron chi connectivity index (χ2n) is 8.04. The van der Waals surface area contributed by atoms with Crippen LogP contribution in [0.1, 0.15) is 60.5 Å². The Kier molecular flexibility index (Phi) is 5.83. The molecule has 2 aliphatic rings. The van der Waals surface area contributed by atoms with E-state index in [9.17, 15) is 9.59 Å². The van der Waals surface area contributed by atoms with Crippen LogP contribution in [0.15, 0.2) is 30.5 Å². The number of piperidine rings is 1. The zero-order valence-electron chi connectivity index (χ0n) is 16.8. The Labute approximate surface area is 170 Å². The van der Waals surface area contributed by atoms with Crippen molar-refractivity contribution in [3.8, 4) is 5.75 Å². The molecule has 4 rings (SSSR count). The summed E-state index contributed by atoms with van der Waals surface area (Å²) in [5.41, 5.74) is 2.13. The number of ether oxygens (including phenoxy) is 1. The summed E-state index contributed by atoms with van der Waals surface area (Å²) in [6.07, 6.45) is 7.81. The summed E-state index contributed by atoms with van der Waals surface area (Å²) in [5.74, 6) is 1.70. The van der Waals surface area contributed by atoms with Crippen molar-refractivity contribution in [1.82, 2.24) is 15.1 Å². The molecule has 1 saturated heterocycles. The number of H-pyrrole nitrogens is 1. The number of carbonyl (C=O) groups is 2. The number of methoxy groups -OCH3 is 1. The largest absolute Gasteiger partial charge is 0.497 e. The van der Waals surface area contributed by atoms with E-state index < -0.39 is 0 Å². The second kappa shape index (κ2) is 8.68. The maximum absolute atomic E-state index is 12.6. The van der Waals surface area contributed by atoms with Gasteiger partial charge in [0.2, 0.25) is 5.91 Å². The van der Waals surface area contributed by atoms with E-state index in [0.717, 1.165) is 37.4 Å². The third-order valence-electron chi connectivity index (χ3n) is 5.91. The van der Waals surface area contributed by atoms with Gasteiger partial charge in [0.25, 0.3) is 5.91 Å². The lowest BCUT2D eigenvalue weighted by molar-refractivity contribution is -0.132. The molecule has 0 spiro atoms. The molecule has 1 unspecified atom stereocenters. The van der Waals surface area contributed by atoms with Gasteiger partial charge in [-0.2, -0.15) is 5.10 Å². The lowest BCUT2D eigenvalue weighted by Crippen LogP contribution is -2.39. The fourth-order valence-electron chi connectivity index (χ4n) is 3.98. The van der Waals surface area contributed by atoms with Crippen molar-refractivity contribution in [3.63, 3.8) is 0 Å². The number of carbonyl (C=O) groups excluding carboxylic acids is 2. The molecule has 7 nitrogen and oxygen atoms in total. The lowest BCUT2D eigenvalue weighted by atomic mass is 9.93. The highest BCUT2D eigenvalue weighted by atomic mass is 16.5. The zero-order valence-corrected chi connectivity index (χ0v) is 16.8. The Bertz CT molecular complexity index is 857. The van der Waals surface area contributed by atoms with Gasteiger partial charge in [-0.25, -0.2) is 0 Å². The monoisotopic (exact) mass is 396 g/mol. The van der Waals surface area contributed by atoms with Crippen molar-refractivity contribution in [3.05, 3.63) is 41.7 Å². The third kappa shape index (κ3) is 4.78. The van der Waals surface area contributed by atoms with E-state index in [2.05, 4.69) is 15.5 Å². The van der Waals surface area contributed by atoms with Crippen LogP contribution in [0.4, 0.5) is 5.69 Å². The molecule has 1 aliphatic carbocycles. The molecule has 154 valence electrons. The number of nitrogens with one attached hydrogen (secondary N) is 2. The van der Waals surface area contributed by atoms with Crippen LogP contribution >= 0.6 is 0 Å². The summed E-state index contributed by atoms with van der Waals surface area (Å²) in [5, 5.41) is 10.2. The molecule has 2 heterocycles. The molecule has 0 bridgehead atoms. The van der Waals surface area contributed by atoms with Gasteiger partial charge in [-0.3, -0.25) is 14.7 Å². The van der Waals surface area contributed by atoms with Crippen molar-refractivity contribution in [2.24, 2.45) is 5.92 Å². The molecule has 1 atom stereocenters. The normalized spacial score (nSPS) is 19.1. The van der Waals surface area contributed by atoms with Gasteiger partial charge in [-0.05, 0) is 49.4 Å². The maximum atomic E-state index is 12.6. The topological polar surface area (TPSA) is 87.3 Å². The van der Waals surface area contributed by atoms with Crippen LogP contribution in [0.25, 0.3) is 0 Å². The van der Waals surface area contributed by atoms with Crippen molar-refractivity contribution >= 4 is 17.5 Å². The standard InChI is InChI=1S/C22H28N4O3/c1-29-18-9-7-16(8-10-18)22(28)24-19-13-23-25-21(19)17-3-2-12-26(14-17)20(27)11-6-15-4-5-15/h7-10,13,15,17H,2-6,11-12,14H2,1H3,(H,23,25)(H,24,28). The molecule has 7 heteroatoms. The second-order valence-corrected chi connectivity index (χ2v) is 8.04. The minimum absolute atomic E-state index is 0.155. The van der Waals surface area contributed by atoms with E-state index in [4.69, 9.17) is 4.74 Å². The van der Waals surface area contributed by atoms with E-state index in [1.807, 2.05) is 4.90 Å². The van der Waals surface area contributed by atoms with E-state index in [1.54, 1.807) is 37.6 Å². The number of hydrogen-bond acceptors (Lipinski definition) is 4. The highest BCUT2D eigenvalue weighted by Gasteiger charge is 2.29. The highest BCUT2D eigenvalue weighted by molar-refractivity contribution is 6.04. The van der Waals surface area contributed by atoms with Crippen LogP contribution in [0.2, 0.25) is 0 Å². The average molecular weight is 396 g/mol. The van der Waals surface area contributed by atoms with Gasteiger partial charge in [0.1, 0.15) is 5.75 Å². The molecule has 1 aromatic heterocycles. The van der Waals surface area contributed by atoms with E-state index in [0.29, 0.717) is 30.0 Å². The van der Waals surface area contributed by atoms with Crippen LogP contribution in [0.3, 0.4) is 0 Å². The number of benzene rings is 1. The molecular weight excluding hydrogens is 368 g/mol. The smallest absolute Gasteiger partial charge is 0.255 e. The van der Waals surface area contributed by atoms with Crippen LogP contribution < -0.4 is 10.1 Å². The Balaban J connectivity index is 1.39. The summed E-state index contributed by atoms with van der Waals surface area (Å²) >= 11 is 0. The summed E-state index contributed by atoms with van der Waals surface area (Å²) in [6, 6.07) is 6.98. The lowest BCUT2D eigenvalue weighted by Gasteiger charge is -2.32. The molecule has 0 radical (unpaired) electrons. The van der Waals surface area contributed by atoms with Crippen LogP contribution in [0.5, 0.6) is 5.75 Å². The minimum atomic E-state index is -0.191. The molecule has 2 fully saturated rings. The minimum Gasteiger partial charge on any atom is -0.497 e. The van der Waals surface area contributed by atoms with Crippen molar-refractivity contribution in [1.29, 1.82) is 0 Å². The fourth-order valence-corrected chi connectivity index (χ4v) is 3.98. The van der Waals surface area contributed by atoms with Gasteiger partial charge in [0.05, 0.1) is 24.7 Å². The predicted molar refractivity (Wildman–Crippen MR) is 110 cm³/mol. The molecule has 2 amide bonds. The number of rotatable bonds is 7. The Hall–Kier alpha value is -2.83. The highest BCUT2D eigenvalue weighted by Crippen LogP contribution is 2.35. The number of hydrogen-bond donors (Lipinski definition) is 2. The van der Waals surface area contributed by atoms with Gasteiger partial charge < -0.3 is 15.0 Å². The van der Waals surface area contributed by atoms with Crippen molar-refractivity contribution < 1.29 is 14.3 Å². The molecule has 1 saturated carbocycles. The van der Waals surface area contributed by atoms with Crippen LogP contribution in [-0.2, 0) is 4.79 Å². The van der Waals surface area contributed by atoms with E-state index in [1.165, 1.54) is 12.8 Å². The number of aromatic amines is 1. The molecule has 1 aromatic carbocycles. The first-order chi connectivity index (χ1) is 14.1. The van der Waals surface area contributed by atoms with Crippen molar-refractivity contribution in [2.45, 2.75) is 44.4 Å². The van der Waals surface area contributed by atoms with Gasteiger partial charge in [0, 0.05) is 31.0 Å². The van der Waals surface area contributed by atoms with Gasteiger partial charge in [-0.15, -0.1) is 0 Å². The summed E-state index contributed by atoms with van der Waals surface area (Å²) in [7, 11) is 1.59. The molecule has 1 aliphatic heterocycles. The number of amides is 2. The Morgan fingerprint density at radius 1 is 1.24 bits per heavy atom. The Morgan fingerprint density at radius 2 is 2.03 bits per heavy atom. The molecule has 2 aromatic rings.